The lowest BCUT2D eigenvalue weighted by Gasteiger charge is -2.07. The van der Waals surface area contributed by atoms with Crippen LogP contribution in [-0.4, -0.2) is 17.5 Å². The molecule has 24 heavy (non-hydrogen) atoms. The fraction of sp³-hybridized carbons (Fsp3) is 0.167. The van der Waals surface area contributed by atoms with Gasteiger partial charge >= 0.3 is 6.61 Å². The Morgan fingerprint density at radius 1 is 1.17 bits per heavy atom. The minimum Gasteiger partial charge on any atom is -0.435 e. The Balaban J connectivity index is 1.63. The van der Waals surface area contributed by atoms with E-state index in [9.17, 15) is 13.6 Å². The summed E-state index contributed by atoms with van der Waals surface area (Å²) in [4.78, 5) is 15.3. The lowest BCUT2D eigenvalue weighted by atomic mass is 10.1. The van der Waals surface area contributed by atoms with E-state index in [0.29, 0.717) is 11.3 Å². The van der Waals surface area contributed by atoms with Crippen LogP contribution in [0, 0.1) is 6.92 Å². The van der Waals surface area contributed by atoms with E-state index in [2.05, 4.69) is 15.0 Å². The summed E-state index contributed by atoms with van der Waals surface area (Å²) < 4.78 is 28.5. The van der Waals surface area contributed by atoms with E-state index in [1.165, 1.54) is 12.1 Å². The van der Waals surface area contributed by atoms with Gasteiger partial charge in [0.15, 0.2) is 0 Å². The van der Waals surface area contributed by atoms with Gasteiger partial charge in [-0.05, 0) is 48.9 Å². The van der Waals surface area contributed by atoms with Gasteiger partial charge < -0.3 is 15.0 Å². The molecule has 0 bridgehead atoms. The molecule has 0 spiro atoms. The molecule has 2 N–H and O–H groups in total. The second-order valence-corrected chi connectivity index (χ2v) is 5.50. The molecule has 3 rings (SSSR count). The Labute approximate surface area is 137 Å². The molecule has 0 aliphatic heterocycles. The Morgan fingerprint density at radius 2 is 1.92 bits per heavy atom. The third-order valence-corrected chi connectivity index (χ3v) is 3.55. The summed E-state index contributed by atoms with van der Waals surface area (Å²) in [6, 6.07) is 13.7. The molecule has 0 atom stereocenters. The summed E-state index contributed by atoms with van der Waals surface area (Å²) in [6.45, 7) is -0.884. The van der Waals surface area contributed by atoms with Crippen molar-refractivity contribution in [3.05, 3.63) is 59.8 Å². The predicted molar refractivity (Wildman–Crippen MR) is 88.4 cm³/mol. The Kier molecular flexibility index (Phi) is 4.46. The number of nitrogens with one attached hydrogen (secondary N) is 2. The standard InChI is InChI=1S/C18H16F2N2O2/c1-11-8-13-10-14(4-7-16(13)21-11)22-17(23)9-12-2-5-15(6-3-12)24-18(19)20/h2-8,10,18,21H,9H2,1H3,(H,22,23). The Morgan fingerprint density at radius 3 is 2.62 bits per heavy atom. The van der Waals surface area contributed by atoms with Crippen molar-refractivity contribution in [2.75, 3.05) is 5.32 Å². The van der Waals surface area contributed by atoms with E-state index >= 15 is 0 Å². The number of rotatable bonds is 5. The van der Waals surface area contributed by atoms with Gasteiger partial charge in [-0.1, -0.05) is 12.1 Å². The van der Waals surface area contributed by atoms with Crippen LogP contribution in [0.4, 0.5) is 14.5 Å². The van der Waals surface area contributed by atoms with Gasteiger partial charge in [-0.15, -0.1) is 0 Å². The summed E-state index contributed by atoms with van der Waals surface area (Å²) in [7, 11) is 0. The molecule has 124 valence electrons. The fourth-order valence-corrected chi connectivity index (χ4v) is 2.53. The zero-order chi connectivity index (χ0) is 17.1. The number of H-pyrrole nitrogens is 1. The van der Waals surface area contributed by atoms with Crippen LogP contribution in [0.1, 0.15) is 11.3 Å². The minimum atomic E-state index is -2.86. The predicted octanol–water partition coefficient (Wildman–Crippen LogP) is 4.26. The number of hydrogen-bond acceptors (Lipinski definition) is 2. The number of aromatic amines is 1. The number of aryl methyl sites for hydroxylation is 1. The molecule has 0 unspecified atom stereocenters. The molecule has 0 aliphatic carbocycles. The topological polar surface area (TPSA) is 54.1 Å². The van der Waals surface area contributed by atoms with Gasteiger partial charge in [0.1, 0.15) is 5.75 Å². The Hall–Kier alpha value is -2.89. The number of anilines is 1. The molecule has 0 radical (unpaired) electrons. The summed E-state index contributed by atoms with van der Waals surface area (Å²) in [5, 5.41) is 3.86. The maximum Gasteiger partial charge on any atom is 0.387 e. The van der Waals surface area contributed by atoms with Crippen molar-refractivity contribution in [2.24, 2.45) is 0 Å². The van der Waals surface area contributed by atoms with Crippen molar-refractivity contribution in [3.63, 3.8) is 0 Å². The van der Waals surface area contributed by atoms with Crippen LogP contribution in [0.2, 0.25) is 0 Å². The van der Waals surface area contributed by atoms with Crippen molar-refractivity contribution in [2.45, 2.75) is 20.0 Å². The van der Waals surface area contributed by atoms with E-state index < -0.39 is 6.61 Å². The number of aromatic nitrogens is 1. The van der Waals surface area contributed by atoms with E-state index in [0.717, 1.165) is 16.6 Å². The van der Waals surface area contributed by atoms with Gasteiger partial charge in [0.05, 0.1) is 6.42 Å². The number of amides is 1. The molecule has 0 saturated carbocycles. The number of benzene rings is 2. The van der Waals surface area contributed by atoms with Gasteiger partial charge in [-0.3, -0.25) is 4.79 Å². The molecule has 1 heterocycles. The van der Waals surface area contributed by atoms with Gasteiger partial charge in [0.25, 0.3) is 0 Å². The monoisotopic (exact) mass is 330 g/mol. The first kappa shape index (κ1) is 16.0. The van der Waals surface area contributed by atoms with E-state index in [4.69, 9.17) is 0 Å². The molecule has 1 amide bonds. The van der Waals surface area contributed by atoms with Crippen LogP contribution in [-0.2, 0) is 11.2 Å². The third kappa shape index (κ3) is 3.90. The number of ether oxygens (including phenoxy) is 1. The minimum absolute atomic E-state index is 0.0717. The molecular weight excluding hydrogens is 314 g/mol. The molecule has 0 aliphatic rings. The lowest BCUT2D eigenvalue weighted by Crippen LogP contribution is -2.14. The summed E-state index contributed by atoms with van der Waals surface area (Å²) >= 11 is 0. The summed E-state index contributed by atoms with van der Waals surface area (Å²) in [5.41, 5.74) is 3.50. The smallest absolute Gasteiger partial charge is 0.387 e. The van der Waals surface area contributed by atoms with Crippen molar-refractivity contribution in [1.82, 2.24) is 4.98 Å². The highest BCUT2D eigenvalue weighted by Crippen LogP contribution is 2.20. The van der Waals surface area contributed by atoms with Crippen molar-refractivity contribution >= 4 is 22.5 Å². The Bertz CT molecular complexity index is 857. The van der Waals surface area contributed by atoms with Crippen LogP contribution >= 0.6 is 0 Å². The molecule has 3 aromatic rings. The number of halogens is 2. The fourth-order valence-electron chi connectivity index (χ4n) is 2.53. The number of carbonyl (C=O) groups excluding carboxylic acids is 1. The molecule has 4 nitrogen and oxygen atoms in total. The molecule has 1 aromatic heterocycles. The highest BCUT2D eigenvalue weighted by Gasteiger charge is 2.07. The molecule has 0 saturated heterocycles. The molecule has 2 aromatic carbocycles. The van der Waals surface area contributed by atoms with Crippen LogP contribution in [0.3, 0.4) is 0 Å². The molecule has 0 fully saturated rings. The first-order valence-electron chi connectivity index (χ1n) is 7.42. The number of fused-ring (bicyclic) bond motifs is 1. The van der Waals surface area contributed by atoms with Crippen LogP contribution in [0.25, 0.3) is 10.9 Å². The van der Waals surface area contributed by atoms with E-state index in [1.807, 2.05) is 31.2 Å². The average molecular weight is 330 g/mol. The number of carbonyl (C=O) groups is 1. The summed E-state index contributed by atoms with van der Waals surface area (Å²) in [6.07, 6.45) is 0.152. The maximum absolute atomic E-state index is 12.1. The quantitative estimate of drug-likeness (QED) is 0.734. The van der Waals surface area contributed by atoms with Crippen LogP contribution in [0.15, 0.2) is 48.5 Å². The van der Waals surface area contributed by atoms with Crippen molar-refractivity contribution in [3.8, 4) is 5.75 Å². The van der Waals surface area contributed by atoms with Crippen LogP contribution < -0.4 is 10.1 Å². The zero-order valence-corrected chi connectivity index (χ0v) is 13.0. The largest absolute Gasteiger partial charge is 0.435 e. The molecule has 6 heteroatoms. The van der Waals surface area contributed by atoms with Crippen molar-refractivity contribution < 1.29 is 18.3 Å². The zero-order valence-electron chi connectivity index (χ0n) is 13.0. The highest BCUT2D eigenvalue weighted by molar-refractivity contribution is 5.95. The number of hydrogen-bond donors (Lipinski definition) is 2. The highest BCUT2D eigenvalue weighted by atomic mass is 19.3. The number of alkyl halides is 2. The maximum atomic E-state index is 12.1. The molecular formula is C18H16F2N2O2. The van der Waals surface area contributed by atoms with Gasteiger partial charge in [0.2, 0.25) is 5.91 Å². The van der Waals surface area contributed by atoms with Gasteiger partial charge in [-0.25, -0.2) is 0 Å². The first-order chi connectivity index (χ1) is 11.5. The second kappa shape index (κ2) is 6.70. The van der Waals surface area contributed by atoms with Crippen LogP contribution in [0.5, 0.6) is 5.75 Å². The van der Waals surface area contributed by atoms with Crippen molar-refractivity contribution in [1.29, 1.82) is 0 Å². The average Bonchev–Trinajstić information content (AvgIpc) is 2.88. The summed E-state index contributed by atoms with van der Waals surface area (Å²) in [5.74, 6) is -0.105. The van der Waals surface area contributed by atoms with E-state index in [-0.39, 0.29) is 18.1 Å². The first-order valence-corrected chi connectivity index (χ1v) is 7.42. The second-order valence-electron chi connectivity index (χ2n) is 5.50. The third-order valence-electron chi connectivity index (χ3n) is 3.55. The SMILES string of the molecule is Cc1cc2cc(NC(=O)Cc3ccc(OC(F)F)cc3)ccc2[nH]1. The van der Waals surface area contributed by atoms with Gasteiger partial charge in [0, 0.05) is 22.3 Å². The lowest BCUT2D eigenvalue weighted by molar-refractivity contribution is -0.115. The van der Waals surface area contributed by atoms with Gasteiger partial charge in [-0.2, -0.15) is 8.78 Å². The van der Waals surface area contributed by atoms with E-state index in [1.54, 1.807) is 12.1 Å². The normalized spacial score (nSPS) is 11.0.